The lowest BCUT2D eigenvalue weighted by Gasteiger charge is -2.34. The van der Waals surface area contributed by atoms with E-state index in [1.807, 2.05) is 24.4 Å². The van der Waals surface area contributed by atoms with E-state index in [9.17, 15) is 4.79 Å². The van der Waals surface area contributed by atoms with Crippen LogP contribution in [0.25, 0.3) is 0 Å². The molecule has 0 bridgehead atoms. The summed E-state index contributed by atoms with van der Waals surface area (Å²) in [7, 11) is 0. The molecule has 7 heteroatoms. The Morgan fingerprint density at radius 1 is 1.33 bits per heavy atom. The predicted octanol–water partition coefficient (Wildman–Crippen LogP) is 2.71. The number of hydrogen-bond donors (Lipinski definition) is 1. The number of carbonyl (C=O) groups excluding carboxylic acids is 1. The molecule has 1 saturated heterocycles. The summed E-state index contributed by atoms with van der Waals surface area (Å²) in [6.45, 7) is 8.61. The summed E-state index contributed by atoms with van der Waals surface area (Å²) >= 11 is 1.44. The summed E-state index contributed by atoms with van der Waals surface area (Å²) in [4.78, 5) is 23.3. The number of carbonyl (C=O) groups is 1. The van der Waals surface area contributed by atoms with Crippen LogP contribution in [0.5, 0.6) is 0 Å². The molecule has 1 N–H and O–H groups in total. The first-order chi connectivity index (χ1) is 11.5. The van der Waals surface area contributed by atoms with E-state index in [0.29, 0.717) is 10.8 Å². The minimum Gasteiger partial charge on any atom is -0.373 e. The summed E-state index contributed by atoms with van der Waals surface area (Å²) in [5, 5.41) is 5.42. The van der Waals surface area contributed by atoms with Crippen LogP contribution in [0.3, 0.4) is 0 Å². The van der Waals surface area contributed by atoms with Gasteiger partial charge in [0.1, 0.15) is 5.69 Å². The van der Waals surface area contributed by atoms with Gasteiger partial charge in [0.15, 0.2) is 5.13 Å². The van der Waals surface area contributed by atoms with Crippen LogP contribution in [-0.2, 0) is 11.3 Å². The van der Waals surface area contributed by atoms with Crippen molar-refractivity contribution < 1.29 is 9.53 Å². The molecule has 0 aromatic carbocycles. The van der Waals surface area contributed by atoms with Crippen molar-refractivity contribution in [2.75, 3.05) is 18.4 Å². The monoisotopic (exact) mass is 346 g/mol. The number of thiazole rings is 1. The average Bonchev–Trinajstić information content (AvgIpc) is 2.93. The van der Waals surface area contributed by atoms with Crippen LogP contribution in [0, 0.1) is 6.92 Å². The summed E-state index contributed by atoms with van der Waals surface area (Å²) in [5.74, 6) is -0.229. The van der Waals surface area contributed by atoms with E-state index in [4.69, 9.17) is 4.74 Å². The zero-order chi connectivity index (χ0) is 17.1. The third kappa shape index (κ3) is 4.37. The van der Waals surface area contributed by atoms with E-state index < -0.39 is 0 Å². The number of nitrogens with one attached hydrogen (secondary N) is 1. The van der Waals surface area contributed by atoms with Gasteiger partial charge >= 0.3 is 0 Å². The van der Waals surface area contributed by atoms with Crippen molar-refractivity contribution in [2.45, 2.75) is 39.5 Å². The molecule has 1 amide bonds. The molecular formula is C17H22N4O2S. The van der Waals surface area contributed by atoms with Gasteiger partial charge in [-0.3, -0.25) is 15.0 Å². The third-order valence-corrected chi connectivity index (χ3v) is 4.58. The SMILES string of the molecule is Cc1cccc(C(=O)Nc2nc(CN3CC(C)OC(C)C3)cs2)n1. The van der Waals surface area contributed by atoms with E-state index in [1.54, 1.807) is 6.07 Å². The number of hydrogen-bond acceptors (Lipinski definition) is 6. The zero-order valence-corrected chi connectivity index (χ0v) is 15.0. The van der Waals surface area contributed by atoms with Crippen molar-refractivity contribution >= 4 is 22.4 Å². The molecule has 128 valence electrons. The van der Waals surface area contributed by atoms with Gasteiger partial charge in [0, 0.05) is 30.7 Å². The number of anilines is 1. The fraction of sp³-hybridized carbons (Fsp3) is 0.471. The highest BCUT2D eigenvalue weighted by molar-refractivity contribution is 7.13. The first-order valence-corrected chi connectivity index (χ1v) is 8.95. The van der Waals surface area contributed by atoms with Gasteiger partial charge in [0.05, 0.1) is 17.9 Å². The molecule has 24 heavy (non-hydrogen) atoms. The summed E-state index contributed by atoms with van der Waals surface area (Å²) in [6.07, 6.45) is 0.470. The van der Waals surface area contributed by atoms with Gasteiger partial charge in [-0.25, -0.2) is 9.97 Å². The largest absolute Gasteiger partial charge is 0.373 e. The number of amides is 1. The molecule has 2 aromatic rings. The summed E-state index contributed by atoms with van der Waals surface area (Å²) < 4.78 is 5.75. The molecule has 0 radical (unpaired) electrons. The van der Waals surface area contributed by atoms with Gasteiger partial charge in [-0.2, -0.15) is 0 Å². The van der Waals surface area contributed by atoms with E-state index in [0.717, 1.165) is 31.0 Å². The first kappa shape index (κ1) is 17.0. The van der Waals surface area contributed by atoms with Crippen LogP contribution >= 0.6 is 11.3 Å². The molecule has 3 heterocycles. The van der Waals surface area contributed by atoms with Crippen molar-refractivity contribution in [3.8, 4) is 0 Å². The zero-order valence-electron chi connectivity index (χ0n) is 14.2. The molecule has 0 aliphatic carbocycles. The van der Waals surface area contributed by atoms with Crippen LogP contribution in [0.15, 0.2) is 23.6 Å². The Labute approximate surface area is 145 Å². The number of pyridine rings is 1. The molecule has 2 atom stereocenters. The number of morpholine rings is 1. The maximum absolute atomic E-state index is 12.2. The normalized spacial score (nSPS) is 21.6. The number of rotatable bonds is 4. The third-order valence-electron chi connectivity index (χ3n) is 3.77. The number of ether oxygens (including phenoxy) is 1. The molecular weight excluding hydrogens is 324 g/mol. The number of nitrogens with zero attached hydrogens (tertiary/aromatic N) is 3. The average molecular weight is 346 g/mol. The topological polar surface area (TPSA) is 67.4 Å². The van der Waals surface area contributed by atoms with Crippen molar-refractivity contribution in [1.82, 2.24) is 14.9 Å². The van der Waals surface area contributed by atoms with E-state index in [-0.39, 0.29) is 18.1 Å². The van der Waals surface area contributed by atoms with Crippen LogP contribution in [0.2, 0.25) is 0 Å². The quantitative estimate of drug-likeness (QED) is 0.922. The van der Waals surface area contributed by atoms with Crippen molar-refractivity contribution in [1.29, 1.82) is 0 Å². The minimum absolute atomic E-state index is 0.229. The number of aromatic nitrogens is 2. The fourth-order valence-electron chi connectivity index (χ4n) is 2.91. The molecule has 6 nitrogen and oxygen atoms in total. The molecule has 0 saturated carbocycles. The Kier molecular flexibility index (Phi) is 5.23. The maximum Gasteiger partial charge on any atom is 0.276 e. The van der Waals surface area contributed by atoms with Crippen molar-refractivity contribution in [3.63, 3.8) is 0 Å². The summed E-state index contributed by atoms with van der Waals surface area (Å²) in [5.41, 5.74) is 2.19. The number of aryl methyl sites for hydroxylation is 1. The highest BCUT2D eigenvalue weighted by atomic mass is 32.1. The molecule has 0 spiro atoms. The van der Waals surface area contributed by atoms with E-state index in [2.05, 4.69) is 34.0 Å². The Balaban J connectivity index is 1.60. The Morgan fingerprint density at radius 3 is 2.79 bits per heavy atom. The predicted molar refractivity (Wildman–Crippen MR) is 94.3 cm³/mol. The second-order valence-electron chi connectivity index (χ2n) is 6.21. The molecule has 1 fully saturated rings. The molecule has 1 aliphatic rings. The minimum atomic E-state index is -0.229. The summed E-state index contributed by atoms with van der Waals surface area (Å²) in [6, 6.07) is 5.39. The lowest BCUT2D eigenvalue weighted by Crippen LogP contribution is -2.44. The van der Waals surface area contributed by atoms with Crippen LogP contribution in [0.1, 0.15) is 35.7 Å². The molecule has 2 unspecified atom stereocenters. The van der Waals surface area contributed by atoms with Gasteiger partial charge in [0.25, 0.3) is 5.91 Å². The second kappa shape index (κ2) is 7.38. The van der Waals surface area contributed by atoms with Gasteiger partial charge in [-0.1, -0.05) is 6.07 Å². The Morgan fingerprint density at radius 2 is 2.08 bits per heavy atom. The fourth-order valence-corrected chi connectivity index (χ4v) is 3.61. The second-order valence-corrected chi connectivity index (χ2v) is 7.07. The maximum atomic E-state index is 12.2. The Bertz CT molecular complexity index is 708. The van der Waals surface area contributed by atoms with E-state index >= 15 is 0 Å². The molecule has 1 aliphatic heterocycles. The van der Waals surface area contributed by atoms with Crippen LogP contribution in [0.4, 0.5) is 5.13 Å². The van der Waals surface area contributed by atoms with Gasteiger partial charge in [-0.15, -0.1) is 11.3 Å². The van der Waals surface area contributed by atoms with Crippen molar-refractivity contribution in [3.05, 3.63) is 40.7 Å². The lowest BCUT2D eigenvalue weighted by atomic mass is 10.2. The molecule has 2 aromatic heterocycles. The standard InChI is InChI=1S/C17H22N4O2S/c1-11-5-4-6-15(18-11)16(22)20-17-19-14(10-24-17)9-21-7-12(2)23-13(3)8-21/h4-6,10,12-13H,7-9H2,1-3H3,(H,19,20,22). The highest BCUT2D eigenvalue weighted by Crippen LogP contribution is 2.19. The highest BCUT2D eigenvalue weighted by Gasteiger charge is 2.22. The van der Waals surface area contributed by atoms with Gasteiger partial charge < -0.3 is 4.74 Å². The van der Waals surface area contributed by atoms with Crippen LogP contribution < -0.4 is 5.32 Å². The molecule has 3 rings (SSSR count). The van der Waals surface area contributed by atoms with Crippen LogP contribution in [-0.4, -0.2) is 46.1 Å². The Hall–Kier alpha value is -1.83. The lowest BCUT2D eigenvalue weighted by molar-refractivity contribution is -0.0707. The van der Waals surface area contributed by atoms with Crippen molar-refractivity contribution in [2.24, 2.45) is 0 Å². The van der Waals surface area contributed by atoms with E-state index in [1.165, 1.54) is 11.3 Å². The van der Waals surface area contributed by atoms with Gasteiger partial charge in [-0.05, 0) is 32.9 Å². The smallest absolute Gasteiger partial charge is 0.276 e. The first-order valence-electron chi connectivity index (χ1n) is 8.07. The van der Waals surface area contributed by atoms with Gasteiger partial charge in [0.2, 0.25) is 0 Å².